The van der Waals surface area contributed by atoms with Crippen molar-refractivity contribution >= 4 is 17.5 Å². The van der Waals surface area contributed by atoms with E-state index < -0.39 is 0 Å². The van der Waals surface area contributed by atoms with Crippen LogP contribution in [-0.4, -0.2) is 25.5 Å². The van der Waals surface area contributed by atoms with Gasteiger partial charge in [-0.15, -0.1) is 0 Å². The van der Waals surface area contributed by atoms with Crippen LogP contribution in [0.2, 0.25) is 5.02 Å². The van der Waals surface area contributed by atoms with Crippen molar-refractivity contribution in [2.45, 2.75) is 32.6 Å². The lowest BCUT2D eigenvalue weighted by Gasteiger charge is -2.34. The second-order valence-corrected chi connectivity index (χ2v) is 6.49. The van der Waals surface area contributed by atoms with E-state index in [0.29, 0.717) is 5.02 Å². The van der Waals surface area contributed by atoms with Crippen LogP contribution in [0, 0.1) is 5.41 Å². The fourth-order valence-corrected chi connectivity index (χ4v) is 2.79. The van der Waals surface area contributed by atoms with Gasteiger partial charge in [0.25, 0.3) is 0 Å². The molecule has 1 aliphatic heterocycles. The molecule has 1 fully saturated rings. The van der Waals surface area contributed by atoms with Crippen LogP contribution in [0.5, 0.6) is 0 Å². The lowest BCUT2D eigenvalue weighted by molar-refractivity contribution is -0.122. The van der Waals surface area contributed by atoms with Crippen molar-refractivity contribution in [3.8, 4) is 0 Å². The van der Waals surface area contributed by atoms with Crippen LogP contribution in [0.3, 0.4) is 0 Å². The third-order valence-corrected chi connectivity index (χ3v) is 4.48. The molecule has 0 aliphatic carbocycles. The molecule has 110 valence electrons. The first-order valence-corrected chi connectivity index (χ1v) is 7.62. The van der Waals surface area contributed by atoms with E-state index in [1.807, 2.05) is 31.2 Å². The van der Waals surface area contributed by atoms with Gasteiger partial charge in [0.2, 0.25) is 5.91 Å². The van der Waals surface area contributed by atoms with Crippen LogP contribution in [0.4, 0.5) is 0 Å². The normalized spacial score (nSPS) is 19.4. The smallest absolute Gasteiger partial charge is 0.227 e. The number of amides is 1. The third-order valence-electron chi connectivity index (χ3n) is 4.24. The quantitative estimate of drug-likeness (QED) is 0.896. The zero-order valence-corrected chi connectivity index (χ0v) is 13.0. The van der Waals surface area contributed by atoms with E-state index >= 15 is 0 Å². The molecule has 1 saturated heterocycles. The Morgan fingerprint density at radius 2 is 2.15 bits per heavy atom. The van der Waals surface area contributed by atoms with Crippen molar-refractivity contribution in [1.29, 1.82) is 0 Å². The molecule has 0 saturated carbocycles. The summed E-state index contributed by atoms with van der Waals surface area (Å²) in [6.07, 6.45) is 2.22. The number of hydrogen-bond donors (Lipinski definition) is 2. The monoisotopic (exact) mass is 294 g/mol. The maximum absolute atomic E-state index is 12.3. The summed E-state index contributed by atoms with van der Waals surface area (Å²) in [6.45, 7) is 6.99. The molecule has 0 aromatic heterocycles. The van der Waals surface area contributed by atoms with Crippen LogP contribution in [0.15, 0.2) is 24.3 Å². The average Bonchev–Trinajstić information content (AvgIpc) is 2.45. The van der Waals surface area contributed by atoms with Gasteiger partial charge in [0, 0.05) is 11.6 Å². The Bertz CT molecular complexity index is 469. The van der Waals surface area contributed by atoms with Crippen LogP contribution in [-0.2, 0) is 4.79 Å². The molecule has 0 spiro atoms. The van der Waals surface area contributed by atoms with E-state index in [1.165, 1.54) is 0 Å². The van der Waals surface area contributed by atoms with Crippen molar-refractivity contribution in [3.63, 3.8) is 0 Å². The van der Waals surface area contributed by atoms with E-state index in [0.717, 1.165) is 38.0 Å². The Hall–Kier alpha value is -1.06. The molecule has 1 amide bonds. The van der Waals surface area contributed by atoms with E-state index in [2.05, 4.69) is 17.6 Å². The second-order valence-electron chi connectivity index (χ2n) is 6.06. The summed E-state index contributed by atoms with van der Waals surface area (Å²) in [4.78, 5) is 12.3. The van der Waals surface area contributed by atoms with Crippen LogP contribution in [0.1, 0.15) is 38.2 Å². The van der Waals surface area contributed by atoms with Crippen molar-refractivity contribution in [2.75, 3.05) is 19.6 Å². The molecule has 1 aromatic rings. The van der Waals surface area contributed by atoms with Crippen molar-refractivity contribution in [3.05, 3.63) is 34.9 Å². The first kappa shape index (κ1) is 15.3. The zero-order valence-electron chi connectivity index (χ0n) is 12.2. The number of carbonyl (C=O) groups is 1. The minimum absolute atomic E-state index is 0.0759. The standard InChI is InChI=1S/C16H23ClN2O/c1-12(13-4-3-5-14(17)10-13)15(20)19-11-16(2)6-8-18-9-7-16/h3-5,10,12,18H,6-9,11H2,1-2H3,(H,19,20). The topological polar surface area (TPSA) is 41.1 Å². The first-order chi connectivity index (χ1) is 9.50. The predicted octanol–water partition coefficient (Wildman–Crippen LogP) is 2.95. The molecule has 4 heteroatoms. The summed E-state index contributed by atoms with van der Waals surface area (Å²) in [5.74, 6) is -0.0916. The van der Waals surface area contributed by atoms with Gasteiger partial charge in [-0.05, 0) is 56.0 Å². The molecule has 2 N–H and O–H groups in total. The average molecular weight is 295 g/mol. The van der Waals surface area contributed by atoms with Gasteiger partial charge in [-0.25, -0.2) is 0 Å². The third kappa shape index (κ3) is 3.97. The van der Waals surface area contributed by atoms with Crippen molar-refractivity contribution < 1.29 is 4.79 Å². The maximum atomic E-state index is 12.3. The molecular weight excluding hydrogens is 272 g/mol. The molecule has 0 radical (unpaired) electrons. The van der Waals surface area contributed by atoms with Crippen LogP contribution >= 0.6 is 11.6 Å². The molecule has 1 atom stereocenters. The number of piperidine rings is 1. The molecular formula is C16H23ClN2O. The summed E-state index contributed by atoms with van der Waals surface area (Å²) in [7, 11) is 0. The molecule has 2 rings (SSSR count). The fraction of sp³-hybridized carbons (Fsp3) is 0.562. The highest BCUT2D eigenvalue weighted by atomic mass is 35.5. The van der Waals surface area contributed by atoms with Gasteiger partial charge in [-0.2, -0.15) is 0 Å². The minimum atomic E-state index is -0.168. The van der Waals surface area contributed by atoms with Gasteiger partial charge in [0.1, 0.15) is 0 Å². The summed E-state index contributed by atoms with van der Waals surface area (Å²) in [5.41, 5.74) is 1.18. The van der Waals surface area contributed by atoms with Gasteiger partial charge in [-0.1, -0.05) is 30.7 Å². The highest BCUT2D eigenvalue weighted by molar-refractivity contribution is 6.30. The van der Waals surface area contributed by atoms with Gasteiger partial charge < -0.3 is 10.6 Å². The zero-order chi connectivity index (χ0) is 14.6. The second kappa shape index (κ2) is 6.59. The Morgan fingerprint density at radius 3 is 2.80 bits per heavy atom. The summed E-state index contributed by atoms with van der Waals surface area (Å²) < 4.78 is 0. The first-order valence-electron chi connectivity index (χ1n) is 7.24. The summed E-state index contributed by atoms with van der Waals surface area (Å²) in [5, 5.41) is 7.13. The summed E-state index contributed by atoms with van der Waals surface area (Å²) in [6, 6.07) is 7.52. The Labute approximate surface area is 126 Å². The number of rotatable bonds is 4. The molecule has 1 aromatic carbocycles. The Kier molecular flexibility index (Phi) is 5.06. The lowest BCUT2D eigenvalue weighted by atomic mass is 9.81. The summed E-state index contributed by atoms with van der Waals surface area (Å²) >= 11 is 5.98. The largest absolute Gasteiger partial charge is 0.355 e. The van der Waals surface area contributed by atoms with E-state index in [1.54, 1.807) is 0 Å². The molecule has 1 aliphatic rings. The minimum Gasteiger partial charge on any atom is -0.355 e. The predicted molar refractivity (Wildman–Crippen MR) is 83.1 cm³/mol. The van der Waals surface area contributed by atoms with Gasteiger partial charge >= 0.3 is 0 Å². The van der Waals surface area contributed by atoms with E-state index in [-0.39, 0.29) is 17.2 Å². The van der Waals surface area contributed by atoms with Crippen LogP contribution < -0.4 is 10.6 Å². The number of nitrogens with one attached hydrogen (secondary N) is 2. The van der Waals surface area contributed by atoms with Crippen molar-refractivity contribution in [2.24, 2.45) is 5.41 Å². The fourth-order valence-electron chi connectivity index (χ4n) is 2.59. The number of carbonyl (C=O) groups excluding carboxylic acids is 1. The van der Waals surface area contributed by atoms with Gasteiger partial charge in [-0.3, -0.25) is 4.79 Å². The molecule has 3 nitrogen and oxygen atoms in total. The van der Waals surface area contributed by atoms with Gasteiger partial charge in [0.15, 0.2) is 0 Å². The highest BCUT2D eigenvalue weighted by Gasteiger charge is 2.27. The molecule has 1 unspecified atom stereocenters. The van der Waals surface area contributed by atoms with Crippen molar-refractivity contribution in [1.82, 2.24) is 10.6 Å². The van der Waals surface area contributed by atoms with E-state index in [4.69, 9.17) is 11.6 Å². The van der Waals surface area contributed by atoms with Gasteiger partial charge in [0.05, 0.1) is 5.92 Å². The maximum Gasteiger partial charge on any atom is 0.227 e. The molecule has 0 bridgehead atoms. The Balaban J connectivity index is 1.91. The number of halogens is 1. The molecule has 1 heterocycles. The number of hydrogen-bond acceptors (Lipinski definition) is 2. The lowest BCUT2D eigenvalue weighted by Crippen LogP contribution is -2.43. The Morgan fingerprint density at radius 1 is 1.45 bits per heavy atom. The highest BCUT2D eigenvalue weighted by Crippen LogP contribution is 2.27. The molecule has 20 heavy (non-hydrogen) atoms. The number of benzene rings is 1. The van der Waals surface area contributed by atoms with Crippen LogP contribution in [0.25, 0.3) is 0 Å². The van der Waals surface area contributed by atoms with E-state index in [9.17, 15) is 4.79 Å². The SMILES string of the molecule is CC(C(=O)NCC1(C)CCNCC1)c1cccc(Cl)c1.